The summed E-state index contributed by atoms with van der Waals surface area (Å²) in [7, 11) is 0. The van der Waals surface area contributed by atoms with Crippen LogP contribution in [0.15, 0.2) is 42.6 Å². The van der Waals surface area contributed by atoms with Gasteiger partial charge in [0.05, 0.1) is 5.52 Å². The number of hydrogen-bond acceptors (Lipinski definition) is 3. The topological polar surface area (TPSA) is 47.0 Å². The Labute approximate surface area is 81.4 Å². The number of para-hydroxylation sites is 1. The van der Waals surface area contributed by atoms with E-state index < -0.39 is 0 Å². The predicted molar refractivity (Wildman–Crippen MR) is 53.9 cm³/mol. The van der Waals surface area contributed by atoms with Gasteiger partial charge < -0.3 is 0 Å². The van der Waals surface area contributed by atoms with Crippen molar-refractivity contribution in [2.75, 3.05) is 0 Å². The Morgan fingerprint density at radius 1 is 0.929 bits per heavy atom. The molecule has 0 amide bonds. The van der Waals surface area contributed by atoms with Gasteiger partial charge in [-0.25, -0.2) is 0 Å². The van der Waals surface area contributed by atoms with Gasteiger partial charge in [0.2, 0.25) is 0 Å². The molecule has 0 aliphatic heterocycles. The molecular formula is C11H9NO2. The maximum Gasteiger partial charge on any atom is 0.182 e. The van der Waals surface area contributed by atoms with Crippen LogP contribution in [-0.4, -0.2) is 17.6 Å². The van der Waals surface area contributed by atoms with Gasteiger partial charge in [-0.05, 0) is 12.1 Å². The first-order valence-electron chi connectivity index (χ1n) is 4.07. The fourth-order valence-corrected chi connectivity index (χ4v) is 1.02. The lowest BCUT2D eigenvalue weighted by atomic mass is 10.2. The average molecular weight is 187 g/mol. The van der Waals surface area contributed by atoms with Crippen molar-refractivity contribution in [3.63, 3.8) is 0 Å². The van der Waals surface area contributed by atoms with Crippen molar-refractivity contribution in [3.05, 3.63) is 42.6 Å². The highest BCUT2D eigenvalue weighted by Gasteiger charge is 1.86. The van der Waals surface area contributed by atoms with E-state index in [1.165, 1.54) is 5.39 Å². The Morgan fingerprint density at radius 2 is 1.57 bits per heavy atom. The van der Waals surface area contributed by atoms with Crippen molar-refractivity contribution in [2.45, 2.75) is 0 Å². The first kappa shape index (κ1) is 10.1. The molecule has 3 heteroatoms. The number of benzene rings is 1. The molecule has 0 saturated carbocycles. The van der Waals surface area contributed by atoms with Crippen LogP contribution in [-0.2, 0) is 9.59 Å². The number of rotatable bonds is 1. The molecule has 14 heavy (non-hydrogen) atoms. The quantitative estimate of drug-likeness (QED) is 0.503. The molecule has 1 aromatic carbocycles. The highest BCUT2D eigenvalue weighted by molar-refractivity contribution is 6.09. The molecule has 70 valence electrons. The molecular weight excluding hydrogens is 178 g/mol. The molecule has 2 aromatic rings. The SMILES string of the molecule is O=CC=O.c1ccc2ncccc2c1. The molecule has 0 bridgehead atoms. The molecule has 0 unspecified atom stereocenters. The first-order valence-corrected chi connectivity index (χ1v) is 4.07. The molecule has 0 radical (unpaired) electrons. The summed E-state index contributed by atoms with van der Waals surface area (Å²) in [5.74, 6) is 0. The van der Waals surface area contributed by atoms with E-state index >= 15 is 0 Å². The van der Waals surface area contributed by atoms with E-state index in [0.29, 0.717) is 0 Å². The van der Waals surface area contributed by atoms with Gasteiger partial charge in [-0.3, -0.25) is 14.6 Å². The Kier molecular flexibility index (Phi) is 4.01. The number of aldehydes is 2. The summed E-state index contributed by atoms with van der Waals surface area (Å²) < 4.78 is 0. The van der Waals surface area contributed by atoms with Crippen LogP contribution < -0.4 is 0 Å². The minimum atomic E-state index is 0.194. The van der Waals surface area contributed by atoms with E-state index in [9.17, 15) is 0 Å². The summed E-state index contributed by atoms with van der Waals surface area (Å²) in [5, 5.41) is 1.20. The van der Waals surface area contributed by atoms with Crippen molar-refractivity contribution in [2.24, 2.45) is 0 Å². The number of hydrogen-bond donors (Lipinski definition) is 0. The first-order chi connectivity index (χ1) is 6.88. The maximum absolute atomic E-state index is 8.81. The Hall–Kier alpha value is -2.03. The molecule has 1 aromatic heterocycles. The van der Waals surface area contributed by atoms with Crippen molar-refractivity contribution in [3.8, 4) is 0 Å². The highest BCUT2D eigenvalue weighted by Crippen LogP contribution is 2.07. The molecule has 1 heterocycles. The lowest BCUT2D eigenvalue weighted by Crippen LogP contribution is -1.73. The van der Waals surface area contributed by atoms with Crippen LogP contribution in [0.5, 0.6) is 0 Å². The zero-order valence-corrected chi connectivity index (χ0v) is 7.46. The minimum absolute atomic E-state index is 0.194. The zero-order chi connectivity index (χ0) is 10.2. The Balaban J connectivity index is 0.000000213. The van der Waals surface area contributed by atoms with Gasteiger partial charge in [0.15, 0.2) is 12.6 Å². The molecule has 0 aliphatic carbocycles. The van der Waals surface area contributed by atoms with E-state index in [1.54, 1.807) is 0 Å². The van der Waals surface area contributed by atoms with Crippen LogP contribution in [0.25, 0.3) is 10.9 Å². The second-order valence-corrected chi connectivity index (χ2v) is 2.47. The predicted octanol–water partition coefficient (Wildman–Crippen LogP) is 1.62. The third-order valence-corrected chi connectivity index (χ3v) is 1.57. The number of pyridine rings is 1. The van der Waals surface area contributed by atoms with Gasteiger partial charge in [-0.1, -0.05) is 24.3 Å². The Morgan fingerprint density at radius 3 is 2.21 bits per heavy atom. The second kappa shape index (κ2) is 5.59. The molecule has 0 N–H and O–H groups in total. The van der Waals surface area contributed by atoms with Gasteiger partial charge >= 0.3 is 0 Å². The van der Waals surface area contributed by atoms with Crippen LogP contribution in [0, 0.1) is 0 Å². The number of nitrogens with zero attached hydrogens (tertiary/aromatic N) is 1. The molecule has 0 atom stereocenters. The van der Waals surface area contributed by atoms with Crippen molar-refractivity contribution in [1.29, 1.82) is 0 Å². The standard InChI is InChI=1S/C9H7N.C2H2O2/c1-2-6-9-8(4-1)5-3-7-10-9;3-1-2-4/h1-7H;1-2H. The maximum atomic E-state index is 8.81. The van der Waals surface area contributed by atoms with Crippen LogP contribution >= 0.6 is 0 Å². The van der Waals surface area contributed by atoms with Crippen LogP contribution in [0.2, 0.25) is 0 Å². The minimum Gasteiger partial charge on any atom is -0.295 e. The third kappa shape index (κ3) is 2.79. The summed E-state index contributed by atoms with van der Waals surface area (Å²) in [6, 6.07) is 12.1. The van der Waals surface area contributed by atoms with Gasteiger partial charge in [-0.15, -0.1) is 0 Å². The number of carbonyl (C=O) groups excluding carboxylic acids is 2. The highest BCUT2D eigenvalue weighted by atomic mass is 16.2. The molecule has 0 spiro atoms. The number of carbonyl (C=O) groups is 2. The monoisotopic (exact) mass is 187 g/mol. The van der Waals surface area contributed by atoms with Crippen LogP contribution in [0.4, 0.5) is 0 Å². The summed E-state index contributed by atoms with van der Waals surface area (Å²) in [4.78, 5) is 21.8. The molecule has 0 saturated heterocycles. The van der Waals surface area contributed by atoms with Gasteiger partial charge in [-0.2, -0.15) is 0 Å². The average Bonchev–Trinajstić information content (AvgIpc) is 2.30. The normalized spacial score (nSPS) is 8.57. The molecule has 2 rings (SSSR count). The number of aromatic nitrogens is 1. The van der Waals surface area contributed by atoms with E-state index in [-0.39, 0.29) is 12.6 Å². The summed E-state index contributed by atoms with van der Waals surface area (Å²) in [6.45, 7) is 0. The van der Waals surface area contributed by atoms with Gasteiger partial charge in [0.25, 0.3) is 0 Å². The largest absolute Gasteiger partial charge is 0.295 e. The van der Waals surface area contributed by atoms with Gasteiger partial charge in [0, 0.05) is 11.6 Å². The summed E-state index contributed by atoms with van der Waals surface area (Å²) >= 11 is 0. The van der Waals surface area contributed by atoms with E-state index in [0.717, 1.165) is 5.52 Å². The van der Waals surface area contributed by atoms with Crippen LogP contribution in [0.3, 0.4) is 0 Å². The smallest absolute Gasteiger partial charge is 0.182 e. The van der Waals surface area contributed by atoms with Crippen molar-refractivity contribution in [1.82, 2.24) is 4.98 Å². The zero-order valence-electron chi connectivity index (χ0n) is 7.46. The Bertz CT molecular complexity index is 355. The summed E-state index contributed by atoms with van der Waals surface area (Å²) in [5.41, 5.74) is 1.06. The van der Waals surface area contributed by atoms with Crippen molar-refractivity contribution < 1.29 is 9.59 Å². The van der Waals surface area contributed by atoms with Crippen molar-refractivity contribution >= 4 is 23.5 Å². The van der Waals surface area contributed by atoms with E-state index in [1.807, 2.05) is 30.5 Å². The molecule has 0 aliphatic rings. The van der Waals surface area contributed by atoms with E-state index in [4.69, 9.17) is 9.59 Å². The van der Waals surface area contributed by atoms with E-state index in [2.05, 4.69) is 17.1 Å². The lowest BCUT2D eigenvalue weighted by Gasteiger charge is -1.91. The lowest BCUT2D eigenvalue weighted by molar-refractivity contribution is -0.122. The van der Waals surface area contributed by atoms with Gasteiger partial charge in [0.1, 0.15) is 0 Å². The summed E-state index contributed by atoms with van der Waals surface area (Å²) in [6.07, 6.45) is 2.20. The molecule has 3 nitrogen and oxygen atoms in total. The second-order valence-electron chi connectivity index (χ2n) is 2.47. The fourth-order valence-electron chi connectivity index (χ4n) is 1.02. The molecule has 0 fully saturated rings. The third-order valence-electron chi connectivity index (χ3n) is 1.57. The van der Waals surface area contributed by atoms with Crippen LogP contribution in [0.1, 0.15) is 0 Å². The number of fused-ring (bicyclic) bond motifs is 1. The fraction of sp³-hybridized carbons (Fsp3) is 0.